The van der Waals surface area contributed by atoms with Crippen molar-refractivity contribution in [1.29, 1.82) is 10.5 Å². The molecule has 0 aliphatic carbocycles. The van der Waals surface area contributed by atoms with E-state index in [-0.39, 0.29) is 26.2 Å². The molecule has 20 heavy (non-hydrogen) atoms. The van der Waals surface area contributed by atoms with Gasteiger partial charge in [-0.25, -0.2) is 0 Å². The first kappa shape index (κ1) is 18.3. The summed E-state index contributed by atoms with van der Waals surface area (Å²) in [5, 5.41) is 34.0. The molecular weight excluding hydrogens is 327 g/mol. The second-order valence-electron chi connectivity index (χ2n) is 3.41. The lowest BCUT2D eigenvalue weighted by molar-refractivity contribution is -0.137. The average Bonchev–Trinajstić information content (AvgIpc) is 2.38. The molecule has 1 aromatic carbocycles. The van der Waals surface area contributed by atoms with E-state index in [1.54, 1.807) is 12.1 Å². The van der Waals surface area contributed by atoms with Crippen LogP contribution in [0.4, 0.5) is 0 Å². The number of nitriles is 2. The number of phenols is 1. The molecule has 0 spiro atoms. The predicted octanol–water partition coefficient (Wildman–Crippen LogP) is 3.97. The second-order valence-corrected chi connectivity index (χ2v) is 4.54. The van der Waals surface area contributed by atoms with E-state index < -0.39 is 11.7 Å². The van der Waals surface area contributed by atoms with Gasteiger partial charge < -0.3 is 10.2 Å². The number of hydrogen-bond donors (Lipinski definition) is 2. The molecule has 0 bridgehead atoms. The molecule has 8 heteroatoms. The first-order valence-electron chi connectivity index (χ1n) is 5.23. The molecule has 0 aliphatic rings. The van der Waals surface area contributed by atoms with E-state index in [1.165, 1.54) is 0 Å². The highest BCUT2D eigenvalue weighted by molar-refractivity contribution is 6.45. The quantitative estimate of drug-likeness (QED) is 0.796. The molecule has 0 atom stereocenters. The van der Waals surface area contributed by atoms with Gasteiger partial charge in [-0.15, -0.1) is 0 Å². The van der Waals surface area contributed by atoms with Crippen molar-refractivity contribution in [2.45, 2.75) is 19.8 Å². The van der Waals surface area contributed by atoms with Crippen molar-refractivity contribution in [1.82, 2.24) is 0 Å². The van der Waals surface area contributed by atoms with E-state index in [0.717, 1.165) is 6.42 Å². The van der Waals surface area contributed by atoms with E-state index in [0.29, 0.717) is 6.42 Å². The van der Waals surface area contributed by atoms with Crippen molar-refractivity contribution < 1.29 is 15.0 Å². The summed E-state index contributed by atoms with van der Waals surface area (Å²) in [5.74, 6) is -1.22. The summed E-state index contributed by atoms with van der Waals surface area (Å²) in [4.78, 5) is 9.60. The summed E-state index contributed by atoms with van der Waals surface area (Å²) in [6, 6.07) is 3.33. The van der Waals surface area contributed by atoms with Crippen LogP contribution in [0, 0.1) is 22.7 Å². The monoisotopic (exact) mass is 334 g/mol. The lowest BCUT2D eigenvalue weighted by Gasteiger charge is -2.06. The fraction of sp³-hybridized carbons (Fsp3) is 0.250. The third kappa shape index (κ3) is 4.47. The van der Waals surface area contributed by atoms with E-state index in [2.05, 4.69) is 0 Å². The van der Waals surface area contributed by atoms with Crippen molar-refractivity contribution in [2.75, 3.05) is 0 Å². The summed E-state index contributed by atoms with van der Waals surface area (Å²) < 4.78 is 0. The number of nitrogens with zero attached hydrogens (tertiary/aromatic N) is 2. The summed E-state index contributed by atoms with van der Waals surface area (Å²) >= 11 is 16.8. The Morgan fingerprint density at radius 1 is 1.10 bits per heavy atom. The third-order valence-corrected chi connectivity index (χ3v) is 3.20. The van der Waals surface area contributed by atoms with Crippen LogP contribution in [0.25, 0.3) is 0 Å². The minimum Gasteiger partial charge on any atom is -0.505 e. The first-order chi connectivity index (χ1) is 9.31. The summed E-state index contributed by atoms with van der Waals surface area (Å²) in [6.07, 6.45) is 1.02. The van der Waals surface area contributed by atoms with Crippen LogP contribution in [-0.4, -0.2) is 16.2 Å². The third-order valence-electron chi connectivity index (χ3n) is 1.98. The SMILES string of the molecule is CCCC(=O)O.N#Cc1c(O)c(Cl)c(Cl)c(C#N)c1Cl. The van der Waals surface area contributed by atoms with Crippen LogP contribution in [-0.2, 0) is 4.79 Å². The van der Waals surface area contributed by atoms with Crippen molar-refractivity contribution >= 4 is 40.8 Å². The largest absolute Gasteiger partial charge is 0.505 e. The van der Waals surface area contributed by atoms with Gasteiger partial charge in [-0.2, -0.15) is 10.5 Å². The number of carbonyl (C=O) groups is 1. The van der Waals surface area contributed by atoms with E-state index >= 15 is 0 Å². The Hall–Kier alpha value is -1.66. The van der Waals surface area contributed by atoms with E-state index in [4.69, 9.17) is 50.4 Å². The van der Waals surface area contributed by atoms with Crippen LogP contribution in [0.1, 0.15) is 30.9 Å². The van der Waals surface area contributed by atoms with Crippen LogP contribution in [0.3, 0.4) is 0 Å². The number of hydrogen-bond acceptors (Lipinski definition) is 4. The standard InChI is InChI=1S/C8HCl3N2O.C4H8O2/c9-5-3(1-12)6(10)7(11)8(14)4(5)2-13;1-2-3-4(5)6/h14H;2-3H2,1H3,(H,5,6). The minimum absolute atomic E-state index is 0.118. The highest BCUT2D eigenvalue weighted by Gasteiger charge is 2.20. The van der Waals surface area contributed by atoms with Crippen molar-refractivity contribution in [2.24, 2.45) is 0 Å². The second kappa shape index (κ2) is 8.50. The molecule has 1 aromatic rings. The molecule has 5 nitrogen and oxygen atoms in total. The van der Waals surface area contributed by atoms with Gasteiger partial charge in [0.05, 0.1) is 15.6 Å². The maximum absolute atomic E-state index is 9.60. The zero-order valence-electron chi connectivity index (χ0n) is 10.2. The van der Waals surface area contributed by atoms with Crippen molar-refractivity contribution in [3.05, 3.63) is 26.2 Å². The molecule has 0 amide bonds. The molecule has 2 N–H and O–H groups in total. The molecular formula is C12H9Cl3N2O3. The molecule has 0 saturated carbocycles. The Kier molecular flexibility index (Phi) is 7.79. The Balaban J connectivity index is 0.000000511. The van der Waals surface area contributed by atoms with E-state index in [1.807, 2.05) is 6.92 Å². The smallest absolute Gasteiger partial charge is 0.303 e. The number of aromatic hydroxyl groups is 1. The van der Waals surface area contributed by atoms with Gasteiger partial charge in [-0.1, -0.05) is 41.7 Å². The molecule has 1 rings (SSSR count). The van der Waals surface area contributed by atoms with Gasteiger partial charge in [0.15, 0.2) is 5.75 Å². The number of carboxylic acid groups (broad SMARTS) is 1. The van der Waals surface area contributed by atoms with Gasteiger partial charge in [0.2, 0.25) is 0 Å². The summed E-state index contributed by atoms with van der Waals surface area (Å²) in [6.45, 7) is 1.84. The molecule has 0 aromatic heterocycles. The predicted molar refractivity (Wildman–Crippen MR) is 75.1 cm³/mol. The van der Waals surface area contributed by atoms with Gasteiger partial charge in [0.25, 0.3) is 0 Å². The Labute approximate surface area is 130 Å². The first-order valence-corrected chi connectivity index (χ1v) is 6.36. The van der Waals surface area contributed by atoms with Crippen molar-refractivity contribution in [3.8, 4) is 17.9 Å². The van der Waals surface area contributed by atoms with Gasteiger partial charge in [-0.3, -0.25) is 4.79 Å². The molecule has 0 unspecified atom stereocenters. The highest BCUT2D eigenvalue weighted by atomic mass is 35.5. The Morgan fingerprint density at radius 3 is 1.90 bits per heavy atom. The molecule has 0 radical (unpaired) electrons. The lowest BCUT2D eigenvalue weighted by Crippen LogP contribution is -1.90. The number of halogens is 3. The molecule has 0 heterocycles. The fourth-order valence-electron chi connectivity index (χ4n) is 1.06. The highest BCUT2D eigenvalue weighted by Crippen LogP contribution is 2.41. The normalized spacial score (nSPS) is 8.90. The van der Waals surface area contributed by atoms with Gasteiger partial charge in [0, 0.05) is 6.42 Å². The van der Waals surface area contributed by atoms with Gasteiger partial charge >= 0.3 is 5.97 Å². The van der Waals surface area contributed by atoms with Gasteiger partial charge in [-0.05, 0) is 6.42 Å². The van der Waals surface area contributed by atoms with Crippen LogP contribution in [0.5, 0.6) is 5.75 Å². The lowest BCUT2D eigenvalue weighted by atomic mass is 10.1. The van der Waals surface area contributed by atoms with E-state index in [9.17, 15) is 9.90 Å². The number of phenolic OH excluding ortho intramolecular Hbond substituents is 1. The van der Waals surface area contributed by atoms with Crippen LogP contribution < -0.4 is 0 Å². The molecule has 0 saturated heterocycles. The topological polar surface area (TPSA) is 105 Å². The zero-order chi connectivity index (χ0) is 15.9. The minimum atomic E-state index is -0.711. The van der Waals surface area contributed by atoms with Gasteiger partial charge in [0.1, 0.15) is 22.7 Å². The number of rotatable bonds is 2. The molecule has 0 aliphatic heterocycles. The maximum Gasteiger partial charge on any atom is 0.303 e. The van der Waals surface area contributed by atoms with Crippen molar-refractivity contribution in [3.63, 3.8) is 0 Å². The number of carboxylic acids is 1. The number of benzene rings is 1. The van der Waals surface area contributed by atoms with Crippen LogP contribution >= 0.6 is 34.8 Å². The zero-order valence-corrected chi connectivity index (χ0v) is 12.5. The Morgan fingerprint density at radius 2 is 1.60 bits per heavy atom. The summed E-state index contributed by atoms with van der Waals surface area (Å²) in [7, 11) is 0. The average molecular weight is 336 g/mol. The van der Waals surface area contributed by atoms with Crippen LogP contribution in [0.15, 0.2) is 0 Å². The summed E-state index contributed by atoms with van der Waals surface area (Å²) in [5.41, 5.74) is -0.370. The maximum atomic E-state index is 9.60. The molecule has 106 valence electrons. The fourth-order valence-corrected chi connectivity index (χ4v) is 1.79. The Bertz CT molecular complexity index is 562. The number of aliphatic carboxylic acids is 1. The van der Waals surface area contributed by atoms with Crippen LogP contribution in [0.2, 0.25) is 15.1 Å². The molecule has 0 fully saturated rings.